The summed E-state index contributed by atoms with van der Waals surface area (Å²) in [7, 11) is 0. The number of hydrogen-bond donors (Lipinski definition) is 0. The van der Waals surface area contributed by atoms with Gasteiger partial charge < -0.3 is 4.57 Å². The van der Waals surface area contributed by atoms with Gasteiger partial charge in [-0.2, -0.15) is 0 Å². The molecule has 0 bridgehead atoms. The maximum atomic E-state index is 10.9. The molecule has 6 nitrogen and oxygen atoms in total. The van der Waals surface area contributed by atoms with E-state index in [1.165, 1.54) is 6.07 Å². The normalized spacial score (nSPS) is 12.2. The highest BCUT2D eigenvalue weighted by Crippen LogP contribution is 2.36. The first-order chi connectivity index (χ1) is 11.6. The minimum absolute atomic E-state index is 0.0376. The topological polar surface area (TPSA) is 73.8 Å². The molecule has 0 saturated heterocycles. The van der Waals surface area contributed by atoms with Crippen LogP contribution >= 0.6 is 23.1 Å². The Kier molecular flexibility index (Phi) is 4.96. The van der Waals surface area contributed by atoms with Crippen molar-refractivity contribution in [3.05, 3.63) is 57.5 Å². The van der Waals surface area contributed by atoms with Crippen molar-refractivity contribution >= 4 is 28.8 Å². The lowest BCUT2D eigenvalue weighted by Gasteiger charge is -2.12. The molecule has 0 amide bonds. The van der Waals surface area contributed by atoms with Gasteiger partial charge in [0.1, 0.15) is 0 Å². The summed E-state index contributed by atoms with van der Waals surface area (Å²) < 4.78 is 2.07. The van der Waals surface area contributed by atoms with E-state index in [-0.39, 0.29) is 15.9 Å². The second-order valence-corrected chi connectivity index (χ2v) is 7.40. The number of nitro groups is 1. The molecule has 0 spiro atoms. The van der Waals surface area contributed by atoms with Crippen molar-refractivity contribution in [3.8, 4) is 10.7 Å². The predicted octanol–water partition coefficient (Wildman–Crippen LogP) is 4.79. The van der Waals surface area contributed by atoms with E-state index in [1.54, 1.807) is 35.2 Å². The molecule has 0 radical (unpaired) electrons. The number of nitro benzene ring substituents is 1. The van der Waals surface area contributed by atoms with Gasteiger partial charge in [0.05, 0.1) is 9.80 Å². The summed E-state index contributed by atoms with van der Waals surface area (Å²) in [5.41, 5.74) is 1.01. The van der Waals surface area contributed by atoms with Gasteiger partial charge in [-0.3, -0.25) is 10.1 Å². The lowest BCUT2D eigenvalue weighted by Crippen LogP contribution is -2.00. The average Bonchev–Trinajstić information content (AvgIpc) is 3.23. The van der Waals surface area contributed by atoms with Gasteiger partial charge in [0.25, 0.3) is 5.69 Å². The Hall–Kier alpha value is -2.19. The Balaban J connectivity index is 1.86. The molecule has 24 heavy (non-hydrogen) atoms. The molecule has 1 aromatic carbocycles. The van der Waals surface area contributed by atoms with Crippen molar-refractivity contribution in [1.82, 2.24) is 14.8 Å². The van der Waals surface area contributed by atoms with Crippen LogP contribution in [0.5, 0.6) is 0 Å². The van der Waals surface area contributed by atoms with E-state index >= 15 is 0 Å². The Morgan fingerprint density at radius 3 is 2.83 bits per heavy atom. The van der Waals surface area contributed by atoms with Gasteiger partial charge in [-0.05, 0) is 30.9 Å². The number of thiophene rings is 1. The number of non-ortho nitro benzene ring substituents is 1. The zero-order valence-corrected chi connectivity index (χ0v) is 14.9. The molecule has 0 fully saturated rings. The van der Waals surface area contributed by atoms with Gasteiger partial charge >= 0.3 is 0 Å². The Morgan fingerprint density at radius 1 is 1.33 bits per heavy atom. The van der Waals surface area contributed by atoms with E-state index in [9.17, 15) is 10.1 Å². The highest BCUT2D eigenvalue weighted by Gasteiger charge is 2.18. The molecule has 0 aliphatic rings. The fourth-order valence-electron chi connectivity index (χ4n) is 2.37. The van der Waals surface area contributed by atoms with E-state index in [0.29, 0.717) is 0 Å². The van der Waals surface area contributed by atoms with Crippen LogP contribution in [-0.2, 0) is 6.54 Å². The maximum absolute atomic E-state index is 10.9. The molecule has 3 rings (SSSR count). The van der Waals surface area contributed by atoms with Crippen LogP contribution in [0.3, 0.4) is 0 Å². The number of thioether (sulfide) groups is 1. The lowest BCUT2D eigenvalue weighted by molar-refractivity contribution is -0.384. The van der Waals surface area contributed by atoms with Crippen molar-refractivity contribution in [1.29, 1.82) is 0 Å². The molecule has 8 heteroatoms. The summed E-state index contributed by atoms with van der Waals surface area (Å²) in [6, 6.07) is 10.8. The van der Waals surface area contributed by atoms with E-state index in [0.717, 1.165) is 28.0 Å². The molecular weight excluding hydrogens is 344 g/mol. The van der Waals surface area contributed by atoms with Crippen molar-refractivity contribution in [3.63, 3.8) is 0 Å². The first-order valence-electron chi connectivity index (χ1n) is 7.48. The number of nitrogens with zero attached hydrogens (tertiary/aromatic N) is 4. The molecule has 124 valence electrons. The molecule has 0 aliphatic carbocycles. The van der Waals surface area contributed by atoms with Crippen molar-refractivity contribution in [2.24, 2.45) is 0 Å². The van der Waals surface area contributed by atoms with E-state index in [4.69, 9.17) is 0 Å². The minimum atomic E-state index is -0.371. The first kappa shape index (κ1) is 16.7. The molecule has 1 unspecified atom stereocenters. The van der Waals surface area contributed by atoms with Gasteiger partial charge in [-0.15, -0.1) is 21.5 Å². The molecule has 1 atom stereocenters. The van der Waals surface area contributed by atoms with Crippen LogP contribution in [0, 0.1) is 10.1 Å². The summed E-state index contributed by atoms with van der Waals surface area (Å²) in [6.45, 7) is 4.84. The molecule has 2 aromatic heterocycles. The number of benzene rings is 1. The van der Waals surface area contributed by atoms with Crippen LogP contribution in [0.25, 0.3) is 10.7 Å². The van der Waals surface area contributed by atoms with Gasteiger partial charge in [0.15, 0.2) is 11.0 Å². The van der Waals surface area contributed by atoms with Gasteiger partial charge in [-0.1, -0.05) is 30.0 Å². The fourth-order valence-corrected chi connectivity index (χ4v) is 4.11. The van der Waals surface area contributed by atoms with Gasteiger partial charge in [0.2, 0.25) is 0 Å². The quantitative estimate of drug-likeness (QED) is 0.359. The molecule has 2 heterocycles. The molecule has 0 N–H and O–H groups in total. The second-order valence-electron chi connectivity index (χ2n) is 5.14. The van der Waals surface area contributed by atoms with Crippen LogP contribution in [0.15, 0.2) is 46.9 Å². The second kappa shape index (κ2) is 7.14. The largest absolute Gasteiger partial charge is 0.302 e. The number of hydrogen-bond acceptors (Lipinski definition) is 6. The third kappa shape index (κ3) is 3.34. The van der Waals surface area contributed by atoms with Crippen LogP contribution in [0.1, 0.15) is 24.7 Å². The average molecular weight is 360 g/mol. The standard InChI is InChI=1S/C16H16N4O2S2/c1-3-19-15(14-8-5-9-23-14)17-18-16(19)24-11(2)12-6-4-7-13(10-12)20(21)22/h4-11H,3H2,1-2H3. The molecular formula is C16H16N4O2S2. The molecule has 0 saturated carbocycles. The van der Waals surface area contributed by atoms with Crippen LogP contribution in [-0.4, -0.2) is 19.7 Å². The zero-order chi connectivity index (χ0) is 17.1. The highest BCUT2D eigenvalue weighted by molar-refractivity contribution is 7.99. The van der Waals surface area contributed by atoms with E-state index in [1.807, 2.05) is 30.5 Å². The first-order valence-corrected chi connectivity index (χ1v) is 9.24. The maximum Gasteiger partial charge on any atom is 0.269 e. The summed E-state index contributed by atoms with van der Waals surface area (Å²) in [6.07, 6.45) is 0. The van der Waals surface area contributed by atoms with Crippen LogP contribution < -0.4 is 0 Å². The summed E-state index contributed by atoms with van der Waals surface area (Å²) in [5.74, 6) is 0.862. The fraction of sp³-hybridized carbons (Fsp3) is 0.250. The monoisotopic (exact) mass is 360 g/mol. The van der Waals surface area contributed by atoms with E-state index in [2.05, 4.69) is 21.7 Å². The van der Waals surface area contributed by atoms with Gasteiger partial charge in [-0.25, -0.2) is 0 Å². The molecule has 0 aliphatic heterocycles. The Morgan fingerprint density at radius 2 is 2.17 bits per heavy atom. The summed E-state index contributed by atoms with van der Waals surface area (Å²) in [4.78, 5) is 11.7. The number of aromatic nitrogens is 3. The predicted molar refractivity (Wildman–Crippen MR) is 96.4 cm³/mol. The number of rotatable bonds is 6. The summed E-state index contributed by atoms with van der Waals surface area (Å²) in [5, 5.41) is 22.4. The minimum Gasteiger partial charge on any atom is -0.302 e. The Labute approximate surface area is 147 Å². The highest BCUT2D eigenvalue weighted by atomic mass is 32.2. The van der Waals surface area contributed by atoms with Crippen molar-refractivity contribution < 1.29 is 4.92 Å². The SMILES string of the molecule is CCn1c(SC(C)c2cccc([N+](=O)[O-])c2)nnc1-c1cccs1. The third-order valence-corrected chi connectivity index (χ3v) is 5.61. The zero-order valence-electron chi connectivity index (χ0n) is 13.2. The lowest BCUT2D eigenvalue weighted by atomic mass is 10.1. The smallest absolute Gasteiger partial charge is 0.269 e. The molecule has 3 aromatic rings. The van der Waals surface area contributed by atoms with Crippen molar-refractivity contribution in [2.75, 3.05) is 0 Å². The Bertz CT molecular complexity index is 846. The van der Waals surface area contributed by atoms with Crippen LogP contribution in [0.4, 0.5) is 5.69 Å². The summed E-state index contributed by atoms with van der Waals surface area (Å²) >= 11 is 3.19. The van der Waals surface area contributed by atoms with Crippen LogP contribution in [0.2, 0.25) is 0 Å². The van der Waals surface area contributed by atoms with Crippen molar-refractivity contribution in [2.45, 2.75) is 30.8 Å². The third-order valence-electron chi connectivity index (χ3n) is 3.61. The van der Waals surface area contributed by atoms with Gasteiger partial charge in [0, 0.05) is 23.9 Å². The van der Waals surface area contributed by atoms with E-state index < -0.39 is 0 Å².